The number of sulfonamides is 1. The zero-order valence-electron chi connectivity index (χ0n) is 13.9. The summed E-state index contributed by atoms with van der Waals surface area (Å²) in [5, 5.41) is 8.10. The third-order valence-corrected chi connectivity index (χ3v) is 4.60. The number of hydrogen-bond donors (Lipinski definition) is 1. The van der Waals surface area contributed by atoms with Crippen LogP contribution in [0.25, 0.3) is 22.5 Å². The minimum Gasteiger partial charge on any atom is -0.350 e. The first-order chi connectivity index (χ1) is 12.9. The Kier molecular flexibility index (Phi) is 4.71. The molecule has 6 nitrogen and oxygen atoms in total. The number of benzene rings is 1. The fourth-order valence-electron chi connectivity index (χ4n) is 2.52. The zero-order valence-corrected chi connectivity index (χ0v) is 14.7. The molecule has 0 aliphatic heterocycles. The first kappa shape index (κ1) is 19.9. The van der Waals surface area contributed by atoms with Gasteiger partial charge in [-0.1, -0.05) is 11.2 Å². The summed E-state index contributed by atoms with van der Waals surface area (Å²) in [5.41, 5.74) is -1.96. The number of aryl methyl sites for hydroxylation is 1. The molecule has 2 heterocycles. The molecular weight excluding hydrogens is 409 g/mol. The molecule has 12 heteroatoms. The number of primary sulfonamides is 1. The molecule has 0 aliphatic rings. The van der Waals surface area contributed by atoms with Crippen LogP contribution in [-0.4, -0.2) is 18.6 Å². The molecule has 28 heavy (non-hydrogen) atoms. The van der Waals surface area contributed by atoms with E-state index in [0.717, 1.165) is 0 Å². The zero-order chi connectivity index (χ0) is 20.9. The topological polar surface area (TPSA) is 99.1 Å². The molecule has 3 aromatic rings. The van der Waals surface area contributed by atoms with E-state index in [0.29, 0.717) is 5.69 Å². The Morgan fingerprint density at radius 3 is 2.36 bits per heavy atom. The molecule has 2 aromatic heterocycles. The normalized spacial score (nSPS) is 12.4. The molecule has 0 atom stereocenters. The molecule has 1 aromatic carbocycles. The van der Waals surface area contributed by atoms with Crippen molar-refractivity contribution in [3.05, 3.63) is 53.4 Å². The van der Waals surface area contributed by atoms with Crippen LogP contribution < -0.4 is 5.14 Å². The van der Waals surface area contributed by atoms with Crippen molar-refractivity contribution in [2.24, 2.45) is 5.14 Å². The van der Waals surface area contributed by atoms with Gasteiger partial charge in [0.05, 0.1) is 11.3 Å². The molecule has 2 N–H and O–H groups in total. The van der Waals surface area contributed by atoms with E-state index in [1.54, 1.807) is 13.0 Å². The standard InChI is InChI=1S/C16H10F5N3O3S/c1-7-3-2-4-11(23-7)14-13(15(27-24-14)16(19,20)21)8-5-10(18)12(6-9(8)17)28(22,25)26/h2-6H,1H3,(H2,22,25,26). The number of aromatic nitrogens is 2. The van der Waals surface area contributed by atoms with Crippen molar-refractivity contribution in [3.8, 4) is 22.5 Å². The molecule has 0 saturated heterocycles. The summed E-state index contributed by atoms with van der Waals surface area (Å²) in [6, 6.07) is 4.83. The van der Waals surface area contributed by atoms with E-state index in [9.17, 15) is 30.4 Å². The van der Waals surface area contributed by atoms with Gasteiger partial charge in [0.15, 0.2) is 0 Å². The second-order valence-electron chi connectivity index (χ2n) is 5.70. The Bertz CT molecular complexity index is 1170. The first-order valence-electron chi connectivity index (χ1n) is 7.42. The smallest absolute Gasteiger partial charge is 0.350 e. The molecular formula is C16H10F5N3O3S. The Labute approximate surface area is 154 Å². The molecule has 0 aliphatic carbocycles. The van der Waals surface area contributed by atoms with Crippen LogP contribution in [-0.2, 0) is 16.2 Å². The van der Waals surface area contributed by atoms with Gasteiger partial charge in [-0.05, 0) is 31.2 Å². The van der Waals surface area contributed by atoms with E-state index in [4.69, 9.17) is 5.14 Å². The number of hydrogen-bond acceptors (Lipinski definition) is 5. The van der Waals surface area contributed by atoms with Crippen molar-refractivity contribution in [2.45, 2.75) is 18.0 Å². The van der Waals surface area contributed by atoms with Crippen LogP contribution in [0.5, 0.6) is 0 Å². The van der Waals surface area contributed by atoms with Crippen molar-refractivity contribution < 1.29 is 34.9 Å². The highest BCUT2D eigenvalue weighted by Crippen LogP contribution is 2.43. The molecule has 148 valence electrons. The number of nitrogens with zero attached hydrogens (tertiary/aromatic N) is 2. The molecule has 3 rings (SSSR count). The predicted octanol–water partition coefficient (Wildman–Crippen LogP) is 3.66. The summed E-state index contributed by atoms with van der Waals surface area (Å²) >= 11 is 0. The highest BCUT2D eigenvalue weighted by atomic mass is 32.2. The molecule has 0 fully saturated rings. The molecule has 0 radical (unpaired) electrons. The quantitative estimate of drug-likeness (QED) is 0.654. The van der Waals surface area contributed by atoms with Gasteiger partial charge in [0.25, 0.3) is 0 Å². The largest absolute Gasteiger partial charge is 0.453 e. The number of rotatable bonds is 3. The van der Waals surface area contributed by atoms with Crippen LogP contribution in [0.15, 0.2) is 39.8 Å². The fourth-order valence-corrected chi connectivity index (χ4v) is 3.12. The average Bonchev–Trinajstić information content (AvgIpc) is 3.00. The van der Waals surface area contributed by atoms with Crippen LogP contribution in [0.1, 0.15) is 11.5 Å². The highest BCUT2D eigenvalue weighted by molar-refractivity contribution is 7.89. The predicted molar refractivity (Wildman–Crippen MR) is 86.2 cm³/mol. The van der Waals surface area contributed by atoms with E-state index >= 15 is 0 Å². The van der Waals surface area contributed by atoms with Crippen molar-refractivity contribution >= 4 is 10.0 Å². The summed E-state index contributed by atoms with van der Waals surface area (Å²) in [7, 11) is -4.64. The molecule has 0 amide bonds. The van der Waals surface area contributed by atoms with Crippen molar-refractivity contribution in [3.63, 3.8) is 0 Å². The van der Waals surface area contributed by atoms with Gasteiger partial charge in [-0.25, -0.2) is 22.3 Å². The van der Waals surface area contributed by atoms with Crippen LogP contribution in [0, 0.1) is 18.6 Å². The van der Waals surface area contributed by atoms with Gasteiger partial charge in [-0.2, -0.15) is 13.2 Å². The number of pyridine rings is 1. The van der Waals surface area contributed by atoms with Gasteiger partial charge in [0, 0.05) is 11.3 Å². The minimum absolute atomic E-state index is 0.0791. The van der Waals surface area contributed by atoms with Crippen molar-refractivity contribution in [2.75, 3.05) is 0 Å². The third-order valence-electron chi connectivity index (χ3n) is 3.68. The lowest BCUT2D eigenvalue weighted by Crippen LogP contribution is -2.15. The maximum Gasteiger partial charge on any atom is 0.453 e. The summed E-state index contributed by atoms with van der Waals surface area (Å²) in [5.74, 6) is -4.68. The minimum atomic E-state index is -5.09. The molecule has 0 unspecified atom stereocenters. The maximum absolute atomic E-state index is 14.5. The lowest BCUT2D eigenvalue weighted by molar-refractivity contribution is -0.154. The van der Waals surface area contributed by atoms with Gasteiger partial charge in [0.1, 0.15) is 22.2 Å². The van der Waals surface area contributed by atoms with E-state index in [1.807, 2.05) is 0 Å². The second kappa shape index (κ2) is 6.63. The van der Waals surface area contributed by atoms with E-state index in [-0.39, 0.29) is 17.8 Å². The van der Waals surface area contributed by atoms with Gasteiger partial charge < -0.3 is 4.52 Å². The first-order valence-corrected chi connectivity index (χ1v) is 8.97. The fraction of sp³-hybridized carbons (Fsp3) is 0.125. The Hall–Kier alpha value is -2.86. The SMILES string of the molecule is Cc1cccc(-c2noc(C(F)(F)F)c2-c2cc(F)c(S(N)(=O)=O)cc2F)n1. The Morgan fingerprint density at radius 1 is 1.11 bits per heavy atom. The summed E-state index contributed by atoms with van der Waals surface area (Å²) in [6.45, 7) is 1.56. The van der Waals surface area contributed by atoms with Gasteiger partial charge >= 0.3 is 6.18 Å². The van der Waals surface area contributed by atoms with Crippen molar-refractivity contribution in [1.82, 2.24) is 10.1 Å². The molecule has 0 spiro atoms. The summed E-state index contributed by atoms with van der Waals surface area (Å²) < 4.78 is 95.7. The van der Waals surface area contributed by atoms with Crippen LogP contribution in [0.3, 0.4) is 0 Å². The summed E-state index contributed by atoms with van der Waals surface area (Å²) in [6.07, 6.45) is -5.09. The number of halogens is 5. The number of alkyl halides is 3. The van der Waals surface area contributed by atoms with Crippen LogP contribution >= 0.6 is 0 Å². The second-order valence-corrected chi connectivity index (χ2v) is 7.23. The lowest BCUT2D eigenvalue weighted by Gasteiger charge is -2.10. The highest BCUT2D eigenvalue weighted by Gasteiger charge is 2.42. The third kappa shape index (κ3) is 3.60. The average molecular weight is 419 g/mol. The van der Waals surface area contributed by atoms with Gasteiger partial charge in [-0.15, -0.1) is 0 Å². The van der Waals surface area contributed by atoms with Crippen LogP contribution in [0.2, 0.25) is 0 Å². The van der Waals surface area contributed by atoms with E-state index in [1.165, 1.54) is 12.1 Å². The molecule has 0 saturated carbocycles. The lowest BCUT2D eigenvalue weighted by atomic mass is 10.00. The van der Waals surface area contributed by atoms with Gasteiger partial charge in [0.2, 0.25) is 15.8 Å². The monoisotopic (exact) mass is 419 g/mol. The van der Waals surface area contributed by atoms with E-state index in [2.05, 4.69) is 14.7 Å². The molecule has 0 bridgehead atoms. The number of nitrogens with two attached hydrogens (primary N) is 1. The van der Waals surface area contributed by atoms with E-state index < -0.39 is 55.3 Å². The van der Waals surface area contributed by atoms with Crippen molar-refractivity contribution in [1.29, 1.82) is 0 Å². The maximum atomic E-state index is 14.5. The summed E-state index contributed by atoms with van der Waals surface area (Å²) in [4.78, 5) is 2.81. The van der Waals surface area contributed by atoms with Crippen LogP contribution in [0.4, 0.5) is 22.0 Å². The Balaban J connectivity index is 2.35. The van der Waals surface area contributed by atoms with Gasteiger partial charge in [-0.3, -0.25) is 4.98 Å². The Morgan fingerprint density at radius 2 is 1.79 bits per heavy atom.